The maximum Gasteiger partial charge on any atom is 0.0621 e. The molecule has 0 aromatic carbocycles. The van der Waals surface area contributed by atoms with E-state index in [4.69, 9.17) is 17.4 Å². The van der Waals surface area contributed by atoms with Gasteiger partial charge in [-0.2, -0.15) is 0 Å². The van der Waals surface area contributed by atoms with Crippen molar-refractivity contribution in [2.45, 2.75) is 45.6 Å². The van der Waals surface area contributed by atoms with Crippen molar-refractivity contribution in [2.75, 3.05) is 0 Å². The van der Waals surface area contributed by atoms with Crippen LogP contribution in [0.2, 0.25) is 5.02 Å². The maximum absolute atomic E-state index is 6.17. The van der Waals surface area contributed by atoms with Gasteiger partial charge in [-0.1, -0.05) is 31.9 Å². The van der Waals surface area contributed by atoms with Gasteiger partial charge in [0.2, 0.25) is 0 Å². The molecule has 0 saturated heterocycles. The highest BCUT2D eigenvalue weighted by atomic mass is 35.5. The fraction of sp³-hybridized carbons (Fsp3) is 0.643. The highest BCUT2D eigenvalue weighted by Gasteiger charge is 2.39. The third-order valence-corrected chi connectivity index (χ3v) is 4.68. The minimum Gasteiger partial charge on any atom is -0.271 e. The summed E-state index contributed by atoms with van der Waals surface area (Å²) in [5, 5.41) is 0.730. The molecule has 1 aromatic heterocycles. The van der Waals surface area contributed by atoms with E-state index in [2.05, 4.69) is 24.3 Å². The number of aromatic nitrogens is 1. The molecule has 1 aliphatic carbocycles. The van der Waals surface area contributed by atoms with Crippen LogP contribution in [0.4, 0.5) is 0 Å². The zero-order valence-corrected chi connectivity index (χ0v) is 11.9. The summed E-state index contributed by atoms with van der Waals surface area (Å²) in [6.07, 6.45) is 8.16. The van der Waals surface area contributed by atoms with Gasteiger partial charge in [0.25, 0.3) is 0 Å². The molecule has 1 fully saturated rings. The average Bonchev–Trinajstić information content (AvgIpc) is 2.68. The van der Waals surface area contributed by atoms with Gasteiger partial charge in [0.15, 0.2) is 0 Å². The van der Waals surface area contributed by atoms with Crippen LogP contribution < -0.4 is 11.3 Å². The highest BCUT2D eigenvalue weighted by Crippen LogP contribution is 2.44. The number of pyridine rings is 1. The van der Waals surface area contributed by atoms with Gasteiger partial charge in [-0.15, -0.1) is 0 Å². The molecule has 0 bridgehead atoms. The molecule has 4 heteroatoms. The summed E-state index contributed by atoms with van der Waals surface area (Å²) >= 11 is 6.17. The zero-order valence-electron chi connectivity index (χ0n) is 11.1. The highest BCUT2D eigenvalue weighted by molar-refractivity contribution is 6.31. The van der Waals surface area contributed by atoms with Crippen molar-refractivity contribution < 1.29 is 0 Å². The molecular formula is C14H22ClN3. The molecule has 100 valence electrons. The predicted octanol–water partition coefficient (Wildman–Crippen LogP) is 2.94. The Kier molecular flexibility index (Phi) is 4.25. The smallest absolute Gasteiger partial charge is 0.0621 e. The van der Waals surface area contributed by atoms with E-state index in [1.54, 1.807) is 12.4 Å². The van der Waals surface area contributed by atoms with Gasteiger partial charge >= 0.3 is 0 Å². The quantitative estimate of drug-likeness (QED) is 0.651. The molecule has 0 amide bonds. The summed E-state index contributed by atoms with van der Waals surface area (Å²) < 4.78 is 0. The zero-order chi connectivity index (χ0) is 13.2. The molecular weight excluding hydrogens is 246 g/mol. The normalized spacial score (nSPS) is 24.1. The van der Waals surface area contributed by atoms with Gasteiger partial charge in [0.1, 0.15) is 0 Å². The van der Waals surface area contributed by atoms with Gasteiger partial charge < -0.3 is 0 Å². The summed E-state index contributed by atoms with van der Waals surface area (Å²) in [5.74, 6) is 6.37. The van der Waals surface area contributed by atoms with Crippen molar-refractivity contribution in [1.29, 1.82) is 0 Å². The molecule has 0 spiro atoms. The molecule has 2 unspecified atom stereocenters. The lowest BCUT2D eigenvalue weighted by Crippen LogP contribution is -2.45. The van der Waals surface area contributed by atoms with Crippen molar-refractivity contribution in [3.8, 4) is 0 Å². The first-order valence-corrected chi connectivity index (χ1v) is 6.97. The molecule has 1 heterocycles. The van der Waals surface area contributed by atoms with E-state index in [9.17, 15) is 0 Å². The Morgan fingerprint density at radius 2 is 2.39 bits per heavy atom. The van der Waals surface area contributed by atoms with Gasteiger partial charge in [-0.05, 0) is 42.2 Å². The van der Waals surface area contributed by atoms with Crippen molar-refractivity contribution in [2.24, 2.45) is 17.2 Å². The van der Waals surface area contributed by atoms with Crippen LogP contribution >= 0.6 is 11.6 Å². The Morgan fingerprint density at radius 1 is 1.61 bits per heavy atom. The third kappa shape index (κ3) is 2.85. The van der Waals surface area contributed by atoms with Crippen molar-refractivity contribution >= 4 is 11.6 Å². The average molecular weight is 268 g/mol. The van der Waals surface area contributed by atoms with E-state index in [0.717, 1.165) is 17.0 Å². The Labute approximate surface area is 114 Å². The monoisotopic (exact) mass is 267 g/mol. The lowest BCUT2D eigenvalue weighted by atomic mass is 9.76. The van der Waals surface area contributed by atoms with Gasteiger partial charge in [-0.3, -0.25) is 16.3 Å². The minimum atomic E-state index is 0.280. The largest absolute Gasteiger partial charge is 0.271 e. The first kappa shape index (κ1) is 13.8. The number of hydrazine groups is 1. The summed E-state index contributed by atoms with van der Waals surface area (Å²) in [6, 6.07) is 2.26. The van der Waals surface area contributed by atoms with E-state index in [-0.39, 0.29) is 6.04 Å². The Morgan fingerprint density at radius 3 is 2.94 bits per heavy atom. The van der Waals surface area contributed by atoms with Crippen molar-refractivity contribution in [1.82, 2.24) is 10.4 Å². The minimum absolute atomic E-state index is 0.280. The Bertz CT molecular complexity index is 406. The van der Waals surface area contributed by atoms with Crippen LogP contribution in [0.1, 0.15) is 38.7 Å². The molecule has 3 N–H and O–H groups in total. The Hall–Kier alpha value is -0.640. The fourth-order valence-electron chi connectivity index (χ4n) is 3.22. The summed E-state index contributed by atoms with van der Waals surface area (Å²) in [6.45, 7) is 4.67. The van der Waals surface area contributed by atoms with Crippen LogP contribution in [0.25, 0.3) is 0 Å². The number of hydrogen-bond acceptors (Lipinski definition) is 3. The molecule has 0 radical (unpaired) electrons. The summed E-state index contributed by atoms with van der Waals surface area (Å²) in [5.41, 5.74) is 4.48. The lowest BCUT2D eigenvalue weighted by molar-refractivity contribution is 0.196. The number of halogens is 1. The molecule has 1 saturated carbocycles. The number of hydrogen-bond donors (Lipinski definition) is 2. The van der Waals surface area contributed by atoms with E-state index < -0.39 is 0 Å². The van der Waals surface area contributed by atoms with E-state index in [1.165, 1.54) is 19.3 Å². The standard InChI is InChI=1S/C14H22ClN3/c1-14(2)6-3-4-11(14)13(18-16)8-10-5-7-17-9-12(10)15/h5,7,9,11,13,18H,3-4,6,8,16H2,1-2H3. The van der Waals surface area contributed by atoms with Crippen LogP contribution in [0.3, 0.4) is 0 Å². The van der Waals surface area contributed by atoms with Crippen LogP contribution in [0.15, 0.2) is 18.5 Å². The molecule has 2 rings (SSSR count). The van der Waals surface area contributed by atoms with Crippen LogP contribution in [0, 0.1) is 11.3 Å². The van der Waals surface area contributed by atoms with Gasteiger partial charge in [0, 0.05) is 18.4 Å². The van der Waals surface area contributed by atoms with Gasteiger partial charge in [0.05, 0.1) is 5.02 Å². The fourth-order valence-corrected chi connectivity index (χ4v) is 3.42. The second kappa shape index (κ2) is 5.55. The van der Waals surface area contributed by atoms with Crippen molar-refractivity contribution in [3.05, 3.63) is 29.0 Å². The second-order valence-electron chi connectivity index (χ2n) is 5.93. The molecule has 0 aliphatic heterocycles. The van der Waals surface area contributed by atoms with Crippen LogP contribution in [-0.2, 0) is 6.42 Å². The van der Waals surface area contributed by atoms with E-state index in [0.29, 0.717) is 11.3 Å². The predicted molar refractivity (Wildman–Crippen MR) is 75.2 cm³/mol. The topological polar surface area (TPSA) is 50.9 Å². The first-order chi connectivity index (χ1) is 8.54. The lowest BCUT2D eigenvalue weighted by Gasteiger charge is -2.34. The summed E-state index contributed by atoms with van der Waals surface area (Å²) in [4.78, 5) is 4.02. The number of nitrogens with one attached hydrogen (secondary N) is 1. The van der Waals surface area contributed by atoms with Crippen LogP contribution in [0.5, 0.6) is 0 Å². The number of rotatable bonds is 4. The maximum atomic E-state index is 6.17. The van der Waals surface area contributed by atoms with E-state index in [1.807, 2.05) is 6.07 Å². The third-order valence-electron chi connectivity index (χ3n) is 4.34. The molecule has 18 heavy (non-hydrogen) atoms. The number of nitrogens with zero attached hydrogens (tertiary/aromatic N) is 1. The molecule has 2 atom stereocenters. The molecule has 1 aliphatic rings. The Balaban J connectivity index is 2.13. The van der Waals surface area contributed by atoms with Gasteiger partial charge in [-0.25, -0.2) is 0 Å². The summed E-state index contributed by atoms with van der Waals surface area (Å²) in [7, 11) is 0. The number of nitrogens with two attached hydrogens (primary N) is 1. The first-order valence-electron chi connectivity index (χ1n) is 6.59. The second-order valence-corrected chi connectivity index (χ2v) is 6.34. The van der Waals surface area contributed by atoms with E-state index >= 15 is 0 Å². The molecule has 1 aromatic rings. The SMILES string of the molecule is CC1(C)CCCC1C(Cc1ccncc1Cl)NN. The van der Waals surface area contributed by atoms with Crippen molar-refractivity contribution in [3.63, 3.8) is 0 Å². The van der Waals surface area contributed by atoms with Crippen LogP contribution in [-0.4, -0.2) is 11.0 Å². The molecule has 3 nitrogen and oxygen atoms in total.